The summed E-state index contributed by atoms with van der Waals surface area (Å²) in [5, 5.41) is 0.0709. The molecule has 4 nitrogen and oxygen atoms in total. The summed E-state index contributed by atoms with van der Waals surface area (Å²) < 4.78 is 4.62. The number of esters is 1. The van der Waals surface area contributed by atoms with Gasteiger partial charge >= 0.3 is 5.97 Å². The number of nitrogens with zero attached hydrogens (tertiary/aromatic N) is 1. The second-order valence-electron chi connectivity index (χ2n) is 2.90. The average Bonchev–Trinajstić information content (AvgIpc) is 2.45. The average molecular weight is 203 g/mol. The Labute approximate surface area is 81.6 Å². The number of hydrogen-bond acceptors (Lipinski definition) is 4. The normalized spacial score (nSPS) is 27.5. The Balaban J connectivity index is 2.75. The number of hydrogen-bond donors (Lipinski definition) is 0. The predicted octanol–water partition coefficient (Wildman–Crippen LogP) is 0.469. The number of carbonyl (C=O) groups is 2. The van der Waals surface area contributed by atoms with Crippen molar-refractivity contribution in [3.05, 3.63) is 0 Å². The zero-order chi connectivity index (χ0) is 10.0. The molecule has 0 aliphatic carbocycles. The van der Waals surface area contributed by atoms with Crippen LogP contribution in [0.1, 0.15) is 13.8 Å². The van der Waals surface area contributed by atoms with Crippen LogP contribution in [0.4, 0.5) is 0 Å². The van der Waals surface area contributed by atoms with Crippen LogP contribution in [0.5, 0.6) is 0 Å². The molecule has 2 atom stereocenters. The maximum absolute atomic E-state index is 11.2. The highest BCUT2D eigenvalue weighted by molar-refractivity contribution is 8.00. The number of rotatable bonds is 1. The maximum Gasteiger partial charge on any atom is 0.329 e. The van der Waals surface area contributed by atoms with Gasteiger partial charge < -0.3 is 9.64 Å². The van der Waals surface area contributed by atoms with Crippen LogP contribution in [0, 0.1) is 0 Å². The van der Waals surface area contributed by atoms with Crippen LogP contribution in [0.15, 0.2) is 0 Å². The van der Waals surface area contributed by atoms with Crippen molar-refractivity contribution in [3.8, 4) is 0 Å². The molecule has 1 fully saturated rings. The lowest BCUT2D eigenvalue weighted by atomic mass is 10.3. The summed E-state index contributed by atoms with van der Waals surface area (Å²) in [7, 11) is 1.34. The molecule has 1 unspecified atom stereocenters. The Morgan fingerprint density at radius 1 is 1.54 bits per heavy atom. The van der Waals surface area contributed by atoms with E-state index in [1.54, 1.807) is 16.7 Å². The minimum Gasteiger partial charge on any atom is -0.467 e. The number of carbonyl (C=O) groups excluding carboxylic acids is 2. The van der Waals surface area contributed by atoms with Gasteiger partial charge in [-0.3, -0.25) is 4.79 Å². The first kappa shape index (κ1) is 10.4. The third-order valence-electron chi connectivity index (χ3n) is 2.06. The first-order valence-electron chi connectivity index (χ1n) is 4.06. The van der Waals surface area contributed by atoms with Crippen molar-refractivity contribution in [1.82, 2.24) is 4.90 Å². The first-order valence-corrected chi connectivity index (χ1v) is 5.11. The number of ether oxygens (including phenoxy) is 1. The number of thioether (sulfide) groups is 1. The fourth-order valence-electron chi connectivity index (χ4n) is 1.44. The molecule has 5 heteroatoms. The van der Waals surface area contributed by atoms with Gasteiger partial charge in [0.2, 0.25) is 5.91 Å². The second kappa shape index (κ2) is 4.00. The quantitative estimate of drug-likeness (QED) is 0.581. The van der Waals surface area contributed by atoms with Crippen LogP contribution in [-0.4, -0.2) is 41.1 Å². The molecule has 0 aromatic heterocycles. The summed E-state index contributed by atoms with van der Waals surface area (Å²) in [5.41, 5.74) is 0. The summed E-state index contributed by atoms with van der Waals surface area (Å²) in [6.07, 6.45) is 0. The maximum atomic E-state index is 11.2. The van der Waals surface area contributed by atoms with Gasteiger partial charge in [0.05, 0.1) is 12.5 Å². The smallest absolute Gasteiger partial charge is 0.329 e. The fourth-order valence-corrected chi connectivity index (χ4v) is 2.65. The number of amides is 1. The summed E-state index contributed by atoms with van der Waals surface area (Å²) in [6.45, 7) is 3.38. The van der Waals surface area contributed by atoms with Crippen LogP contribution in [0.25, 0.3) is 0 Å². The Hall–Kier alpha value is -0.710. The summed E-state index contributed by atoms with van der Waals surface area (Å²) in [5.74, 6) is 0.230. The first-order chi connectivity index (χ1) is 6.07. The summed E-state index contributed by atoms with van der Waals surface area (Å²) >= 11 is 1.59. The summed E-state index contributed by atoms with van der Waals surface area (Å²) in [6, 6.07) is -0.400. The molecule has 0 saturated carbocycles. The minimum absolute atomic E-state index is 0.0709. The van der Waals surface area contributed by atoms with Crippen LogP contribution in [-0.2, 0) is 14.3 Å². The second-order valence-corrected chi connectivity index (χ2v) is 4.25. The van der Waals surface area contributed by atoms with E-state index in [-0.39, 0.29) is 17.3 Å². The van der Waals surface area contributed by atoms with Gasteiger partial charge in [-0.1, -0.05) is 0 Å². The molecule has 1 amide bonds. The topological polar surface area (TPSA) is 46.6 Å². The van der Waals surface area contributed by atoms with Crippen molar-refractivity contribution in [2.75, 3.05) is 12.9 Å². The SMILES string of the molecule is COC(=O)[C@@H]1CSC(C)N1C(C)=O. The Bertz CT molecular complexity index is 231. The highest BCUT2D eigenvalue weighted by atomic mass is 32.2. The Morgan fingerprint density at radius 3 is 2.62 bits per heavy atom. The van der Waals surface area contributed by atoms with Gasteiger partial charge in [-0.25, -0.2) is 4.79 Å². The molecule has 0 aromatic carbocycles. The fraction of sp³-hybridized carbons (Fsp3) is 0.750. The van der Waals surface area contributed by atoms with Crippen LogP contribution < -0.4 is 0 Å². The molecule has 0 aromatic rings. The van der Waals surface area contributed by atoms with Crippen molar-refractivity contribution in [2.45, 2.75) is 25.3 Å². The van der Waals surface area contributed by atoms with Gasteiger partial charge in [-0.15, -0.1) is 11.8 Å². The Kier molecular flexibility index (Phi) is 3.19. The molecule has 74 valence electrons. The van der Waals surface area contributed by atoms with E-state index >= 15 is 0 Å². The molecular weight excluding hydrogens is 190 g/mol. The molecule has 1 rings (SSSR count). The van der Waals surface area contributed by atoms with Crippen LogP contribution >= 0.6 is 11.8 Å². The van der Waals surface area contributed by atoms with E-state index in [1.165, 1.54) is 14.0 Å². The molecule has 0 radical (unpaired) electrons. The van der Waals surface area contributed by atoms with E-state index in [0.717, 1.165) is 0 Å². The van der Waals surface area contributed by atoms with Gasteiger partial charge in [0.25, 0.3) is 0 Å². The highest BCUT2D eigenvalue weighted by Gasteiger charge is 2.38. The zero-order valence-corrected chi connectivity index (χ0v) is 8.76. The van der Waals surface area contributed by atoms with E-state index in [9.17, 15) is 9.59 Å². The van der Waals surface area contributed by atoms with Gasteiger partial charge in [-0.2, -0.15) is 0 Å². The molecule has 1 saturated heterocycles. The van der Waals surface area contributed by atoms with Crippen molar-refractivity contribution in [1.29, 1.82) is 0 Å². The molecule has 13 heavy (non-hydrogen) atoms. The molecule has 1 heterocycles. The molecular formula is C8H13NO3S. The lowest BCUT2D eigenvalue weighted by Crippen LogP contribution is -2.44. The molecule has 0 bridgehead atoms. The monoisotopic (exact) mass is 203 g/mol. The third-order valence-corrected chi connectivity index (χ3v) is 3.28. The van der Waals surface area contributed by atoms with E-state index in [4.69, 9.17) is 0 Å². The Morgan fingerprint density at radius 2 is 2.15 bits per heavy atom. The molecule has 0 N–H and O–H groups in total. The van der Waals surface area contributed by atoms with E-state index in [1.807, 2.05) is 6.92 Å². The van der Waals surface area contributed by atoms with Crippen molar-refractivity contribution >= 4 is 23.6 Å². The lowest BCUT2D eigenvalue weighted by molar-refractivity contribution is -0.150. The predicted molar refractivity (Wildman–Crippen MR) is 50.2 cm³/mol. The van der Waals surface area contributed by atoms with E-state index < -0.39 is 6.04 Å². The highest BCUT2D eigenvalue weighted by Crippen LogP contribution is 2.28. The summed E-state index contributed by atoms with van der Waals surface area (Å²) in [4.78, 5) is 24.0. The zero-order valence-electron chi connectivity index (χ0n) is 7.94. The van der Waals surface area contributed by atoms with Gasteiger partial charge in [0, 0.05) is 12.7 Å². The van der Waals surface area contributed by atoms with Crippen LogP contribution in [0.3, 0.4) is 0 Å². The van der Waals surface area contributed by atoms with Crippen LogP contribution in [0.2, 0.25) is 0 Å². The molecule has 1 aliphatic rings. The standard InChI is InChI=1S/C8H13NO3S/c1-5(10)9-6(2)13-4-7(9)8(11)12-3/h6-7H,4H2,1-3H3/t6?,7-/m0/s1. The third kappa shape index (κ3) is 1.96. The van der Waals surface area contributed by atoms with E-state index in [0.29, 0.717) is 5.75 Å². The van der Waals surface area contributed by atoms with Gasteiger partial charge in [0.1, 0.15) is 6.04 Å². The number of methoxy groups -OCH3 is 1. The van der Waals surface area contributed by atoms with E-state index in [2.05, 4.69) is 4.74 Å². The van der Waals surface area contributed by atoms with Crippen molar-refractivity contribution < 1.29 is 14.3 Å². The lowest BCUT2D eigenvalue weighted by Gasteiger charge is -2.23. The van der Waals surface area contributed by atoms with Gasteiger partial charge in [-0.05, 0) is 6.92 Å². The largest absolute Gasteiger partial charge is 0.467 e. The van der Waals surface area contributed by atoms with Crippen molar-refractivity contribution in [3.63, 3.8) is 0 Å². The van der Waals surface area contributed by atoms with Crippen molar-refractivity contribution in [2.24, 2.45) is 0 Å². The van der Waals surface area contributed by atoms with Gasteiger partial charge in [0.15, 0.2) is 0 Å². The minimum atomic E-state index is -0.400. The molecule has 1 aliphatic heterocycles. The molecule has 0 spiro atoms.